The Hall–Kier alpha value is -2.12. The van der Waals surface area contributed by atoms with Gasteiger partial charge in [-0.15, -0.1) is 0 Å². The lowest BCUT2D eigenvalue weighted by atomic mass is 9.91. The largest absolute Gasteiger partial charge is 0.310 e. The molecule has 4 aromatic carbocycles. The molecule has 1 fully saturated rings. The van der Waals surface area contributed by atoms with Gasteiger partial charge in [-0.05, 0) is 69.4 Å². The maximum absolute atomic E-state index is 3.62. The molecular formula is C20H17N. The van der Waals surface area contributed by atoms with Crippen molar-refractivity contribution in [2.24, 2.45) is 0 Å². The second kappa shape index (κ2) is 4.19. The smallest absolute Gasteiger partial charge is 0.0321 e. The van der Waals surface area contributed by atoms with Crippen molar-refractivity contribution >= 4 is 32.3 Å². The first-order valence-electron chi connectivity index (χ1n) is 7.81. The molecule has 0 amide bonds. The molecule has 0 bridgehead atoms. The molecule has 1 nitrogen and oxygen atoms in total. The topological polar surface area (TPSA) is 12.0 Å². The Morgan fingerprint density at radius 1 is 0.762 bits per heavy atom. The quantitative estimate of drug-likeness (QED) is 0.480. The lowest BCUT2D eigenvalue weighted by Gasteiger charge is -2.15. The molecule has 0 saturated carbocycles. The van der Waals surface area contributed by atoms with Gasteiger partial charge in [-0.3, -0.25) is 0 Å². The third-order valence-electron chi connectivity index (χ3n) is 4.95. The lowest BCUT2D eigenvalue weighted by molar-refractivity contribution is 0.649. The summed E-state index contributed by atoms with van der Waals surface area (Å²) in [5.41, 5.74) is 1.44. The van der Waals surface area contributed by atoms with Crippen LogP contribution in [0, 0.1) is 0 Å². The van der Waals surface area contributed by atoms with E-state index in [1.54, 1.807) is 0 Å². The highest BCUT2D eigenvalue weighted by molar-refractivity contribution is 6.23. The van der Waals surface area contributed by atoms with E-state index in [9.17, 15) is 0 Å². The molecule has 102 valence electrons. The highest BCUT2D eigenvalue weighted by atomic mass is 14.9. The van der Waals surface area contributed by atoms with E-state index in [1.807, 2.05) is 0 Å². The van der Waals surface area contributed by atoms with Crippen LogP contribution in [0.5, 0.6) is 0 Å². The summed E-state index contributed by atoms with van der Waals surface area (Å²) in [6.07, 6.45) is 2.54. The zero-order chi connectivity index (χ0) is 13.8. The van der Waals surface area contributed by atoms with Gasteiger partial charge in [-0.1, -0.05) is 42.5 Å². The van der Waals surface area contributed by atoms with Crippen LogP contribution in [0.2, 0.25) is 0 Å². The maximum Gasteiger partial charge on any atom is 0.0321 e. The molecule has 0 spiro atoms. The van der Waals surface area contributed by atoms with Crippen LogP contribution in [0.3, 0.4) is 0 Å². The zero-order valence-electron chi connectivity index (χ0n) is 11.9. The summed E-state index contributed by atoms with van der Waals surface area (Å²) in [7, 11) is 0. The minimum Gasteiger partial charge on any atom is -0.310 e. The Morgan fingerprint density at radius 2 is 1.38 bits per heavy atom. The van der Waals surface area contributed by atoms with Gasteiger partial charge >= 0.3 is 0 Å². The van der Waals surface area contributed by atoms with Gasteiger partial charge in [0.05, 0.1) is 0 Å². The van der Waals surface area contributed by atoms with Gasteiger partial charge in [0.2, 0.25) is 0 Å². The predicted molar refractivity (Wildman–Crippen MR) is 90.1 cm³/mol. The lowest BCUT2D eigenvalue weighted by Crippen LogP contribution is -2.12. The fraction of sp³-hybridized carbons (Fsp3) is 0.200. The van der Waals surface area contributed by atoms with Crippen molar-refractivity contribution in [3.63, 3.8) is 0 Å². The molecule has 4 aromatic rings. The van der Waals surface area contributed by atoms with E-state index >= 15 is 0 Å². The van der Waals surface area contributed by atoms with E-state index in [0.29, 0.717) is 6.04 Å². The normalized spacial score (nSPS) is 19.1. The van der Waals surface area contributed by atoms with Gasteiger partial charge < -0.3 is 5.32 Å². The summed E-state index contributed by atoms with van der Waals surface area (Å²) in [5.74, 6) is 0. The molecule has 5 rings (SSSR count). The molecule has 1 aliphatic heterocycles. The second-order valence-electron chi connectivity index (χ2n) is 6.20. The van der Waals surface area contributed by atoms with E-state index < -0.39 is 0 Å². The van der Waals surface area contributed by atoms with Crippen molar-refractivity contribution < 1.29 is 0 Å². The standard InChI is InChI=1S/C20H17N/c1-3-13-6-8-15-11-17(18-5-2-10-21-18)12-16-9-7-14(4-1)19(13)20(15)16/h1,3-4,6-9,11-12,18,21H,2,5,10H2/t18-/m0/s1. The average Bonchev–Trinajstić information content (AvgIpc) is 3.07. The van der Waals surface area contributed by atoms with Crippen molar-refractivity contribution in [2.75, 3.05) is 6.54 Å². The zero-order valence-corrected chi connectivity index (χ0v) is 11.9. The van der Waals surface area contributed by atoms with Crippen molar-refractivity contribution in [3.8, 4) is 0 Å². The fourth-order valence-electron chi connectivity index (χ4n) is 3.95. The summed E-state index contributed by atoms with van der Waals surface area (Å²) in [5, 5.41) is 11.9. The number of rotatable bonds is 1. The Labute approximate surface area is 123 Å². The molecule has 0 aliphatic carbocycles. The summed E-state index contributed by atoms with van der Waals surface area (Å²) in [4.78, 5) is 0. The first-order chi connectivity index (χ1) is 10.4. The predicted octanol–water partition coefficient (Wildman–Crippen LogP) is 5.01. The third-order valence-corrected chi connectivity index (χ3v) is 4.95. The number of hydrogen-bond donors (Lipinski definition) is 1. The van der Waals surface area contributed by atoms with Gasteiger partial charge in [0.25, 0.3) is 0 Å². The first-order valence-corrected chi connectivity index (χ1v) is 7.81. The van der Waals surface area contributed by atoms with Gasteiger partial charge in [0, 0.05) is 6.04 Å². The minimum absolute atomic E-state index is 0.534. The molecule has 1 atom stereocenters. The van der Waals surface area contributed by atoms with Gasteiger partial charge in [-0.25, -0.2) is 0 Å². The molecular weight excluding hydrogens is 254 g/mol. The van der Waals surface area contributed by atoms with E-state index in [-0.39, 0.29) is 0 Å². The first kappa shape index (κ1) is 11.5. The monoisotopic (exact) mass is 271 g/mol. The minimum atomic E-state index is 0.534. The maximum atomic E-state index is 3.62. The van der Waals surface area contributed by atoms with Crippen LogP contribution in [0.4, 0.5) is 0 Å². The van der Waals surface area contributed by atoms with Crippen LogP contribution in [-0.2, 0) is 0 Å². The van der Waals surface area contributed by atoms with Crippen LogP contribution < -0.4 is 5.32 Å². The summed E-state index contributed by atoms with van der Waals surface area (Å²) >= 11 is 0. The molecule has 1 heteroatoms. The Kier molecular flexibility index (Phi) is 2.30. The molecule has 1 saturated heterocycles. The van der Waals surface area contributed by atoms with E-state index in [2.05, 4.69) is 59.9 Å². The Balaban J connectivity index is 1.90. The fourth-order valence-corrected chi connectivity index (χ4v) is 3.95. The molecule has 1 heterocycles. The number of nitrogens with one attached hydrogen (secondary N) is 1. The van der Waals surface area contributed by atoms with E-state index in [4.69, 9.17) is 0 Å². The molecule has 1 N–H and O–H groups in total. The highest BCUT2D eigenvalue weighted by Gasteiger charge is 2.18. The van der Waals surface area contributed by atoms with Crippen molar-refractivity contribution in [1.82, 2.24) is 5.32 Å². The van der Waals surface area contributed by atoms with E-state index in [1.165, 1.54) is 50.7 Å². The van der Waals surface area contributed by atoms with Gasteiger partial charge in [-0.2, -0.15) is 0 Å². The van der Waals surface area contributed by atoms with Gasteiger partial charge in [0.1, 0.15) is 0 Å². The van der Waals surface area contributed by atoms with Crippen LogP contribution in [-0.4, -0.2) is 6.54 Å². The summed E-state index contributed by atoms with van der Waals surface area (Å²) < 4.78 is 0. The average molecular weight is 271 g/mol. The van der Waals surface area contributed by atoms with Crippen LogP contribution >= 0.6 is 0 Å². The highest BCUT2D eigenvalue weighted by Crippen LogP contribution is 2.37. The molecule has 0 unspecified atom stereocenters. The molecule has 0 radical (unpaired) electrons. The van der Waals surface area contributed by atoms with Crippen LogP contribution in [0.1, 0.15) is 24.4 Å². The summed E-state index contributed by atoms with van der Waals surface area (Å²) in [6, 6.07) is 21.0. The van der Waals surface area contributed by atoms with Crippen molar-refractivity contribution in [3.05, 3.63) is 60.2 Å². The number of hydrogen-bond acceptors (Lipinski definition) is 1. The summed E-state index contributed by atoms with van der Waals surface area (Å²) in [6.45, 7) is 1.15. The molecule has 0 aromatic heterocycles. The third kappa shape index (κ3) is 1.61. The SMILES string of the molecule is c1cc2ccc3cc([C@@H]4CCCN4)cc4ccc(c1)c2c34. The van der Waals surface area contributed by atoms with Crippen molar-refractivity contribution in [2.45, 2.75) is 18.9 Å². The van der Waals surface area contributed by atoms with Gasteiger partial charge in [0.15, 0.2) is 0 Å². The van der Waals surface area contributed by atoms with Crippen LogP contribution in [0.15, 0.2) is 54.6 Å². The molecule has 1 aliphatic rings. The Bertz CT molecular complexity index is 884. The van der Waals surface area contributed by atoms with Crippen molar-refractivity contribution in [1.29, 1.82) is 0 Å². The number of benzene rings is 4. The second-order valence-corrected chi connectivity index (χ2v) is 6.20. The molecule has 21 heavy (non-hydrogen) atoms. The van der Waals surface area contributed by atoms with Crippen LogP contribution in [0.25, 0.3) is 32.3 Å². The Morgan fingerprint density at radius 3 is 2.00 bits per heavy atom. The van der Waals surface area contributed by atoms with E-state index in [0.717, 1.165) is 6.54 Å².